The van der Waals surface area contributed by atoms with Gasteiger partial charge < -0.3 is 10.1 Å². The molecule has 5 heteroatoms. The van der Waals surface area contributed by atoms with E-state index in [4.69, 9.17) is 4.74 Å². The van der Waals surface area contributed by atoms with E-state index in [1.807, 2.05) is 48.5 Å². The van der Waals surface area contributed by atoms with Gasteiger partial charge in [-0.25, -0.2) is 4.98 Å². The van der Waals surface area contributed by atoms with Crippen LogP contribution in [0.3, 0.4) is 0 Å². The number of amides is 1. The molecule has 0 unspecified atom stereocenters. The van der Waals surface area contributed by atoms with Crippen molar-refractivity contribution in [3.05, 3.63) is 54.1 Å². The summed E-state index contributed by atoms with van der Waals surface area (Å²) >= 11 is 1.47. The van der Waals surface area contributed by atoms with Gasteiger partial charge in [-0.05, 0) is 36.6 Å². The molecule has 23 heavy (non-hydrogen) atoms. The van der Waals surface area contributed by atoms with Crippen molar-refractivity contribution in [2.75, 3.05) is 12.4 Å². The highest BCUT2D eigenvalue weighted by Gasteiger charge is 2.51. The first-order valence-electron chi connectivity index (χ1n) is 7.53. The van der Waals surface area contributed by atoms with Gasteiger partial charge in [0.25, 0.3) is 0 Å². The third kappa shape index (κ3) is 2.47. The zero-order chi connectivity index (χ0) is 15.9. The Morgan fingerprint density at radius 2 is 2.00 bits per heavy atom. The first-order valence-corrected chi connectivity index (χ1v) is 8.34. The van der Waals surface area contributed by atoms with Gasteiger partial charge in [-0.3, -0.25) is 4.79 Å². The normalized spacial score (nSPS) is 15.3. The Labute approximate surface area is 138 Å². The number of carbonyl (C=O) groups is 1. The lowest BCUT2D eigenvalue weighted by Gasteiger charge is -2.14. The lowest BCUT2D eigenvalue weighted by Crippen LogP contribution is -2.27. The van der Waals surface area contributed by atoms with Crippen LogP contribution in [0.1, 0.15) is 18.4 Å². The van der Waals surface area contributed by atoms with Crippen molar-refractivity contribution >= 4 is 32.6 Å². The number of ether oxygens (including phenoxy) is 1. The topological polar surface area (TPSA) is 51.2 Å². The Hall–Kier alpha value is -2.40. The molecule has 1 aromatic heterocycles. The van der Waals surface area contributed by atoms with Crippen LogP contribution < -0.4 is 10.1 Å². The van der Waals surface area contributed by atoms with Gasteiger partial charge in [-0.2, -0.15) is 0 Å². The molecule has 0 bridgehead atoms. The molecule has 116 valence electrons. The first-order chi connectivity index (χ1) is 11.2. The molecule has 2 aromatic carbocycles. The molecule has 0 atom stereocenters. The van der Waals surface area contributed by atoms with Crippen molar-refractivity contribution in [2.24, 2.45) is 0 Å². The molecule has 4 nitrogen and oxygen atoms in total. The molecule has 0 spiro atoms. The molecule has 1 amide bonds. The van der Waals surface area contributed by atoms with Crippen molar-refractivity contribution in [3.8, 4) is 5.75 Å². The van der Waals surface area contributed by atoms with Crippen LogP contribution in [0.25, 0.3) is 10.2 Å². The Morgan fingerprint density at radius 1 is 1.22 bits per heavy atom. The Bertz CT molecular complexity index is 869. The predicted molar refractivity (Wildman–Crippen MR) is 92.2 cm³/mol. The van der Waals surface area contributed by atoms with Gasteiger partial charge in [0.1, 0.15) is 5.75 Å². The maximum atomic E-state index is 12.7. The van der Waals surface area contributed by atoms with Gasteiger partial charge >= 0.3 is 0 Å². The van der Waals surface area contributed by atoms with E-state index in [0.717, 1.165) is 34.4 Å². The lowest BCUT2D eigenvalue weighted by atomic mass is 9.95. The fraction of sp³-hybridized carbons (Fsp3) is 0.222. The van der Waals surface area contributed by atoms with Crippen LogP contribution in [-0.4, -0.2) is 18.0 Å². The van der Waals surface area contributed by atoms with Crippen LogP contribution in [0.15, 0.2) is 48.5 Å². The van der Waals surface area contributed by atoms with Crippen LogP contribution in [0.2, 0.25) is 0 Å². The third-order valence-corrected chi connectivity index (χ3v) is 5.26. The van der Waals surface area contributed by atoms with Crippen LogP contribution in [-0.2, 0) is 10.2 Å². The molecule has 1 aliphatic carbocycles. The third-order valence-electron chi connectivity index (χ3n) is 4.33. The molecule has 0 saturated heterocycles. The minimum atomic E-state index is -0.378. The molecule has 1 fully saturated rings. The van der Waals surface area contributed by atoms with Crippen molar-refractivity contribution < 1.29 is 9.53 Å². The zero-order valence-corrected chi connectivity index (χ0v) is 13.5. The fourth-order valence-corrected chi connectivity index (χ4v) is 3.72. The monoisotopic (exact) mass is 324 g/mol. The highest BCUT2D eigenvalue weighted by molar-refractivity contribution is 7.22. The standard InChI is InChI=1S/C18H16N2O2S/c1-22-13-7-8-14-15(11-13)23-17(19-14)20-16(21)18(9-10-18)12-5-3-2-4-6-12/h2-8,11H,9-10H2,1H3,(H,19,20,21). The maximum absolute atomic E-state index is 12.7. The maximum Gasteiger partial charge on any atom is 0.236 e. The van der Waals surface area contributed by atoms with Crippen molar-refractivity contribution in [1.29, 1.82) is 0 Å². The van der Waals surface area contributed by atoms with Gasteiger partial charge in [0.15, 0.2) is 5.13 Å². The number of hydrogen-bond donors (Lipinski definition) is 1. The van der Waals surface area contributed by atoms with Crippen molar-refractivity contribution in [3.63, 3.8) is 0 Å². The first kappa shape index (κ1) is 14.2. The summed E-state index contributed by atoms with van der Waals surface area (Å²) in [5.41, 5.74) is 1.58. The molecule has 0 aliphatic heterocycles. The number of nitrogens with one attached hydrogen (secondary N) is 1. The van der Waals surface area contributed by atoms with Crippen molar-refractivity contribution in [2.45, 2.75) is 18.3 Å². The highest BCUT2D eigenvalue weighted by atomic mass is 32.1. The number of anilines is 1. The summed E-state index contributed by atoms with van der Waals surface area (Å²) in [6.07, 6.45) is 1.78. The molecule has 1 aliphatic rings. The summed E-state index contributed by atoms with van der Waals surface area (Å²) in [5, 5.41) is 3.64. The van der Waals surface area contributed by atoms with E-state index in [1.54, 1.807) is 7.11 Å². The number of methoxy groups -OCH3 is 1. The Kier molecular flexibility index (Phi) is 3.31. The number of rotatable bonds is 4. The largest absolute Gasteiger partial charge is 0.497 e. The fourth-order valence-electron chi connectivity index (χ4n) is 2.83. The van der Waals surface area contributed by atoms with Gasteiger partial charge in [0, 0.05) is 0 Å². The number of benzene rings is 2. The molecule has 0 radical (unpaired) electrons. The van der Waals surface area contributed by atoms with Crippen LogP contribution >= 0.6 is 11.3 Å². The van der Waals surface area contributed by atoms with Gasteiger partial charge in [0.05, 0.1) is 22.7 Å². The van der Waals surface area contributed by atoms with E-state index in [1.165, 1.54) is 11.3 Å². The summed E-state index contributed by atoms with van der Waals surface area (Å²) in [5.74, 6) is 0.830. The summed E-state index contributed by atoms with van der Waals surface area (Å²) in [6, 6.07) is 15.7. The average molecular weight is 324 g/mol. The molecule has 1 N–H and O–H groups in total. The van der Waals surface area contributed by atoms with E-state index in [9.17, 15) is 4.79 Å². The number of carbonyl (C=O) groups excluding carboxylic acids is 1. The highest BCUT2D eigenvalue weighted by Crippen LogP contribution is 2.49. The Balaban J connectivity index is 1.59. The average Bonchev–Trinajstić information content (AvgIpc) is 3.31. The minimum Gasteiger partial charge on any atom is -0.497 e. The number of aromatic nitrogens is 1. The molecular weight excluding hydrogens is 308 g/mol. The zero-order valence-electron chi connectivity index (χ0n) is 12.7. The van der Waals surface area contributed by atoms with E-state index in [0.29, 0.717) is 5.13 Å². The second-order valence-corrected chi connectivity index (χ2v) is 6.79. The summed E-state index contributed by atoms with van der Waals surface area (Å²) in [7, 11) is 1.64. The van der Waals surface area contributed by atoms with E-state index < -0.39 is 0 Å². The molecule has 1 heterocycles. The molecule has 4 rings (SSSR count). The smallest absolute Gasteiger partial charge is 0.236 e. The van der Waals surface area contributed by atoms with Crippen LogP contribution in [0.4, 0.5) is 5.13 Å². The predicted octanol–water partition coefficient (Wildman–Crippen LogP) is 3.98. The molecule has 1 saturated carbocycles. The van der Waals surface area contributed by atoms with E-state index in [2.05, 4.69) is 10.3 Å². The summed E-state index contributed by atoms with van der Waals surface area (Å²) in [6.45, 7) is 0. The molecular formula is C18H16N2O2S. The lowest BCUT2D eigenvalue weighted by molar-refractivity contribution is -0.118. The summed E-state index contributed by atoms with van der Waals surface area (Å²) < 4.78 is 6.23. The van der Waals surface area contributed by atoms with Crippen LogP contribution in [0.5, 0.6) is 5.75 Å². The Morgan fingerprint density at radius 3 is 2.70 bits per heavy atom. The van der Waals surface area contributed by atoms with Gasteiger partial charge in [0.2, 0.25) is 5.91 Å². The van der Waals surface area contributed by atoms with Crippen molar-refractivity contribution in [1.82, 2.24) is 4.98 Å². The van der Waals surface area contributed by atoms with Gasteiger partial charge in [-0.15, -0.1) is 0 Å². The van der Waals surface area contributed by atoms with Gasteiger partial charge in [-0.1, -0.05) is 41.7 Å². The number of nitrogens with zero attached hydrogens (tertiary/aromatic N) is 1. The van der Waals surface area contributed by atoms with Crippen LogP contribution in [0, 0.1) is 0 Å². The second kappa shape index (κ2) is 5.35. The SMILES string of the molecule is COc1ccc2nc(NC(=O)C3(c4ccccc4)CC3)sc2c1. The number of thiazole rings is 1. The molecule has 3 aromatic rings. The number of fused-ring (bicyclic) bond motifs is 1. The number of hydrogen-bond acceptors (Lipinski definition) is 4. The van der Waals surface area contributed by atoms with E-state index in [-0.39, 0.29) is 11.3 Å². The second-order valence-electron chi connectivity index (χ2n) is 5.75. The van der Waals surface area contributed by atoms with E-state index >= 15 is 0 Å². The minimum absolute atomic E-state index is 0.0368. The quantitative estimate of drug-likeness (QED) is 0.790. The summed E-state index contributed by atoms with van der Waals surface area (Å²) in [4.78, 5) is 17.2.